The summed E-state index contributed by atoms with van der Waals surface area (Å²) in [6, 6.07) is 16.9. The van der Waals surface area contributed by atoms with Crippen LogP contribution in [0.4, 0.5) is 0 Å². The molecule has 0 saturated heterocycles. The fourth-order valence-corrected chi connectivity index (χ4v) is 2.44. The number of aryl methyl sites for hydroxylation is 1. The molecule has 0 bridgehead atoms. The van der Waals surface area contributed by atoms with Gasteiger partial charge in [0.2, 0.25) is 0 Å². The minimum atomic E-state index is 0. The van der Waals surface area contributed by atoms with Crippen molar-refractivity contribution in [3.05, 3.63) is 65.2 Å². The summed E-state index contributed by atoms with van der Waals surface area (Å²) in [5.41, 5.74) is 9.64. The molecule has 2 heteroatoms. The molecule has 0 fully saturated rings. The first kappa shape index (κ1) is 16.3. The Hall–Kier alpha value is -1.80. The van der Waals surface area contributed by atoms with Crippen molar-refractivity contribution < 1.29 is 4.74 Å². The van der Waals surface area contributed by atoms with E-state index in [1.807, 2.05) is 12.1 Å². The summed E-state index contributed by atoms with van der Waals surface area (Å²) in [7, 11) is 1.70. The molecule has 0 aliphatic heterocycles. The van der Waals surface area contributed by atoms with Crippen molar-refractivity contribution in [3.8, 4) is 5.75 Å². The van der Waals surface area contributed by atoms with Crippen molar-refractivity contribution in [3.63, 3.8) is 0 Å². The number of hydrogen-bond acceptors (Lipinski definition) is 2. The lowest BCUT2D eigenvalue weighted by Gasteiger charge is -2.18. The number of rotatable bonds is 5. The van der Waals surface area contributed by atoms with Crippen LogP contribution in [0.5, 0.6) is 5.75 Å². The van der Waals surface area contributed by atoms with Crippen molar-refractivity contribution in [2.45, 2.75) is 26.7 Å². The average Bonchev–Trinajstić information content (AvgIpc) is 2.45. The molecule has 2 rings (SSSR count). The van der Waals surface area contributed by atoms with Gasteiger partial charge in [0.1, 0.15) is 5.75 Å². The van der Waals surface area contributed by atoms with Gasteiger partial charge in [0.05, 0.1) is 7.11 Å². The van der Waals surface area contributed by atoms with Gasteiger partial charge >= 0.3 is 0 Å². The molecule has 2 aromatic rings. The van der Waals surface area contributed by atoms with E-state index in [-0.39, 0.29) is 7.43 Å². The molecule has 20 heavy (non-hydrogen) atoms. The molecule has 2 aromatic carbocycles. The van der Waals surface area contributed by atoms with Gasteiger partial charge in [0, 0.05) is 5.92 Å². The van der Waals surface area contributed by atoms with E-state index in [1.54, 1.807) is 7.11 Å². The van der Waals surface area contributed by atoms with E-state index < -0.39 is 0 Å². The minimum Gasteiger partial charge on any atom is -0.497 e. The molecule has 0 aromatic heterocycles. The van der Waals surface area contributed by atoms with Crippen LogP contribution in [0.15, 0.2) is 48.5 Å². The average molecular weight is 271 g/mol. The molecule has 108 valence electrons. The standard InChI is InChI=1S/C17H21NO.CH4/c1-13-5-3-6-14(11-13)17(9-10-18)15-7-4-8-16(12-15)19-2;/h3-8,11-12,17H,9-10,18H2,1-2H3;1H4. The SMILES string of the molecule is C.COc1cccc(C(CCN)c2cccc(C)c2)c1. The van der Waals surface area contributed by atoms with Crippen molar-refractivity contribution in [1.82, 2.24) is 0 Å². The largest absolute Gasteiger partial charge is 0.497 e. The lowest BCUT2D eigenvalue weighted by atomic mass is 9.88. The maximum atomic E-state index is 5.78. The van der Waals surface area contributed by atoms with Crippen molar-refractivity contribution in [2.75, 3.05) is 13.7 Å². The highest BCUT2D eigenvalue weighted by Gasteiger charge is 2.14. The van der Waals surface area contributed by atoms with Crippen LogP contribution in [-0.4, -0.2) is 13.7 Å². The summed E-state index contributed by atoms with van der Waals surface area (Å²) >= 11 is 0. The minimum absolute atomic E-state index is 0. The second-order valence-corrected chi connectivity index (χ2v) is 4.82. The van der Waals surface area contributed by atoms with Crippen LogP contribution in [0, 0.1) is 6.92 Å². The first-order valence-electron chi connectivity index (χ1n) is 6.65. The van der Waals surface area contributed by atoms with Crippen LogP contribution < -0.4 is 10.5 Å². The monoisotopic (exact) mass is 271 g/mol. The van der Waals surface area contributed by atoms with E-state index in [0.29, 0.717) is 12.5 Å². The third-order valence-electron chi connectivity index (χ3n) is 3.40. The Morgan fingerprint density at radius 3 is 2.30 bits per heavy atom. The highest BCUT2D eigenvalue weighted by Crippen LogP contribution is 2.30. The maximum absolute atomic E-state index is 5.78. The lowest BCUT2D eigenvalue weighted by molar-refractivity contribution is 0.414. The van der Waals surface area contributed by atoms with E-state index in [0.717, 1.165) is 12.2 Å². The van der Waals surface area contributed by atoms with Gasteiger partial charge in [-0.2, -0.15) is 0 Å². The molecule has 0 aliphatic carbocycles. The molecule has 1 atom stereocenters. The molecule has 2 nitrogen and oxygen atoms in total. The smallest absolute Gasteiger partial charge is 0.119 e. The molecular formula is C18H25NO. The maximum Gasteiger partial charge on any atom is 0.119 e. The quantitative estimate of drug-likeness (QED) is 0.887. The fraction of sp³-hybridized carbons (Fsp3) is 0.333. The number of nitrogens with two attached hydrogens (primary N) is 1. The van der Waals surface area contributed by atoms with E-state index in [9.17, 15) is 0 Å². The van der Waals surface area contributed by atoms with Crippen LogP contribution in [0.2, 0.25) is 0 Å². The van der Waals surface area contributed by atoms with Crippen LogP contribution in [0.1, 0.15) is 36.5 Å². The molecule has 2 N–H and O–H groups in total. The normalized spacial score (nSPS) is 11.6. The zero-order chi connectivity index (χ0) is 13.7. The molecule has 0 heterocycles. The number of benzene rings is 2. The first-order chi connectivity index (χ1) is 9.24. The van der Waals surface area contributed by atoms with Crippen LogP contribution in [0.25, 0.3) is 0 Å². The van der Waals surface area contributed by atoms with Crippen LogP contribution in [0.3, 0.4) is 0 Å². The summed E-state index contributed by atoms with van der Waals surface area (Å²) in [6.45, 7) is 2.80. The highest BCUT2D eigenvalue weighted by molar-refractivity contribution is 5.38. The Morgan fingerprint density at radius 1 is 1.05 bits per heavy atom. The Morgan fingerprint density at radius 2 is 1.70 bits per heavy atom. The van der Waals surface area contributed by atoms with Crippen molar-refractivity contribution >= 4 is 0 Å². The fourth-order valence-electron chi connectivity index (χ4n) is 2.44. The third-order valence-corrected chi connectivity index (χ3v) is 3.40. The molecule has 1 unspecified atom stereocenters. The molecule has 0 saturated carbocycles. The van der Waals surface area contributed by atoms with Gasteiger partial charge < -0.3 is 10.5 Å². The summed E-state index contributed by atoms with van der Waals surface area (Å²) in [4.78, 5) is 0. The van der Waals surface area contributed by atoms with Gasteiger partial charge in [0.25, 0.3) is 0 Å². The molecule has 0 spiro atoms. The van der Waals surface area contributed by atoms with Crippen LogP contribution >= 0.6 is 0 Å². The first-order valence-corrected chi connectivity index (χ1v) is 6.65. The van der Waals surface area contributed by atoms with Crippen molar-refractivity contribution in [2.24, 2.45) is 5.73 Å². The molecule has 0 amide bonds. The molecule has 0 radical (unpaired) electrons. The third kappa shape index (κ3) is 3.84. The predicted molar refractivity (Wildman–Crippen MR) is 86.4 cm³/mol. The van der Waals surface area contributed by atoms with E-state index in [4.69, 9.17) is 10.5 Å². The van der Waals surface area contributed by atoms with E-state index >= 15 is 0 Å². The Balaban J connectivity index is 0.00000200. The Labute approximate surface area is 122 Å². The summed E-state index contributed by atoms with van der Waals surface area (Å²) in [6.07, 6.45) is 0.941. The Kier molecular flexibility index (Phi) is 6.26. The summed E-state index contributed by atoms with van der Waals surface area (Å²) in [5.74, 6) is 1.23. The zero-order valence-electron chi connectivity index (χ0n) is 11.6. The number of hydrogen-bond donors (Lipinski definition) is 1. The Bertz CT molecular complexity index is 536. The highest BCUT2D eigenvalue weighted by atomic mass is 16.5. The lowest BCUT2D eigenvalue weighted by Crippen LogP contribution is -2.09. The summed E-state index contributed by atoms with van der Waals surface area (Å²) < 4.78 is 5.31. The number of methoxy groups -OCH3 is 1. The zero-order valence-corrected chi connectivity index (χ0v) is 11.6. The topological polar surface area (TPSA) is 35.2 Å². The van der Waals surface area contributed by atoms with Gasteiger partial charge in [-0.1, -0.05) is 49.4 Å². The van der Waals surface area contributed by atoms with Gasteiger partial charge in [-0.25, -0.2) is 0 Å². The van der Waals surface area contributed by atoms with Gasteiger partial charge in [0.15, 0.2) is 0 Å². The van der Waals surface area contributed by atoms with Gasteiger partial charge in [-0.15, -0.1) is 0 Å². The number of ether oxygens (including phenoxy) is 1. The second-order valence-electron chi connectivity index (χ2n) is 4.82. The van der Waals surface area contributed by atoms with Crippen molar-refractivity contribution in [1.29, 1.82) is 0 Å². The molecular weight excluding hydrogens is 246 g/mol. The predicted octanol–water partition coefficient (Wildman–Crippen LogP) is 4.12. The van der Waals surface area contributed by atoms with Gasteiger partial charge in [-0.3, -0.25) is 0 Å². The summed E-state index contributed by atoms with van der Waals surface area (Å²) in [5, 5.41) is 0. The van der Waals surface area contributed by atoms with E-state index in [1.165, 1.54) is 16.7 Å². The van der Waals surface area contributed by atoms with E-state index in [2.05, 4.69) is 43.3 Å². The van der Waals surface area contributed by atoms with Crippen LogP contribution in [-0.2, 0) is 0 Å². The van der Waals surface area contributed by atoms with Gasteiger partial charge in [-0.05, 0) is 43.1 Å². The molecule has 0 aliphatic rings. The second kappa shape index (κ2) is 7.71.